The number of nitro groups is 1. The number of hydrogen-bond acceptors (Lipinski definition) is 8. The number of benzene rings is 1. The van der Waals surface area contributed by atoms with E-state index in [2.05, 4.69) is 21.3 Å². The van der Waals surface area contributed by atoms with Gasteiger partial charge in [-0.25, -0.2) is 0 Å². The standard InChI is InChI=1S/C26H36N6O9/c1-4-6-19(24(37)29-17-8-10-18(11-9-17)32(40)41)30-25(38)20-7-5-14-31(20)26(39)16(3)28-23(36)15(2)27-21(33)12-13-22(34)35/h8-11,15-16,19-20H,4-7,12-14H2,1-3H3,(H,27,33)(H,28,36)(H,29,37)(H,30,38)(H,34,35)/t15-,16-,19-,20-/m0/s1. The van der Waals surface area contributed by atoms with E-state index < -0.39 is 64.6 Å². The number of rotatable bonds is 14. The predicted molar refractivity (Wildman–Crippen MR) is 145 cm³/mol. The monoisotopic (exact) mass is 576 g/mol. The number of carbonyl (C=O) groups excluding carboxylic acids is 5. The summed E-state index contributed by atoms with van der Waals surface area (Å²) in [6.45, 7) is 4.95. The lowest BCUT2D eigenvalue weighted by Crippen LogP contribution is -2.56. The minimum Gasteiger partial charge on any atom is -0.481 e. The Morgan fingerprint density at radius 3 is 2.24 bits per heavy atom. The van der Waals surface area contributed by atoms with Crippen LogP contribution >= 0.6 is 0 Å². The average Bonchev–Trinajstić information content (AvgIpc) is 3.41. The summed E-state index contributed by atoms with van der Waals surface area (Å²) < 4.78 is 0. The van der Waals surface area contributed by atoms with Crippen LogP contribution < -0.4 is 21.3 Å². The maximum absolute atomic E-state index is 13.2. The molecule has 224 valence electrons. The van der Waals surface area contributed by atoms with Gasteiger partial charge in [0.25, 0.3) is 5.69 Å². The summed E-state index contributed by atoms with van der Waals surface area (Å²) >= 11 is 0. The summed E-state index contributed by atoms with van der Waals surface area (Å²) in [4.78, 5) is 85.7. The van der Waals surface area contributed by atoms with Crippen LogP contribution in [0.15, 0.2) is 24.3 Å². The number of carbonyl (C=O) groups is 6. The molecule has 1 aromatic carbocycles. The van der Waals surface area contributed by atoms with Crippen LogP contribution in [0.2, 0.25) is 0 Å². The summed E-state index contributed by atoms with van der Waals surface area (Å²) in [5.41, 5.74) is 0.193. The van der Waals surface area contributed by atoms with Crippen molar-refractivity contribution in [3.05, 3.63) is 34.4 Å². The highest BCUT2D eigenvalue weighted by Crippen LogP contribution is 2.20. The van der Waals surface area contributed by atoms with E-state index >= 15 is 0 Å². The van der Waals surface area contributed by atoms with Crippen molar-refractivity contribution in [1.29, 1.82) is 0 Å². The maximum atomic E-state index is 13.2. The topological polar surface area (TPSA) is 217 Å². The third-order valence-electron chi connectivity index (χ3n) is 6.46. The van der Waals surface area contributed by atoms with Crippen LogP contribution in [0, 0.1) is 10.1 Å². The van der Waals surface area contributed by atoms with Crippen LogP contribution in [0.1, 0.15) is 59.3 Å². The Morgan fingerprint density at radius 1 is 1.00 bits per heavy atom. The number of nitrogens with one attached hydrogen (secondary N) is 4. The van der Waals surface area contributed by atoms with Crippen molar-refractivity contribution in [3.63, 3.8) is 0 Å². The van der Waals surface area contributed by atoms with E-state index in [4.69, 9.17) is 5.11 Å². The molecule has 0 aliphatic carbocycles. The van der Waals surface area contributed by atoms with Crippen LogP contribution in [0.3, 0.4) is 0 Å². The van der Waals surface area contributed by atoms with E-state index in [0.29, 0.717) is 31.4 Å². The van der Waals surface area contributed by atoms with Crippen molar-refractivity contribution in [2.75, 3.05) is 11.9 Å². The molecular weight excluding hydrogens is 540 g/mol. The first-order valence-corrected chi connectivity index (χ1v) is 13.3. The lowest BCUT2D eigenvalue weighted by Gasteiger charge is -2.29. The molecule has 5 amide bonds. The van der Waals surface area contributed by atoms with Crippen molar-refractivity contribution < 1.29 is 38.8 Å². The molecule has 1 aliphatic rings. The Hall–Kier alpha value is -4.56. The van der Waals surface area contributed by atoms with Gasteiger partial charge in [-0.05, 0) is 45.2 Å². The minimum absolute atomic E-state index is 0.132. The van der Waals surface area contributed by atoms with E-state index in [-0.39, 0.29) is 25.1 Å². The van der Waals surface area contributed by atoms with Crippen molar-refractivity contribution in [2.45, 2.75) is 83.5 Å². The number of nitrogens with zero attached hydrogens (tertiary/aromatic N) is 2. The molecule has 0 bridgehead atoms. The lowest BCUT2D eigenvalue weighted by molar-refractivity contribution is -0.384. The predicted octanol–water partition coefficient (Wildman–Crippen LogP) is 0.683. The number of hydrogen-bond donors (Lipinski definition) is 5. The van der Waals surface area contributed by atoms with E-state index in [1.54, 1.807) is 0 Å². The first-order chi connectivity index (χ1) is 19.3. The van der Waals surface area contributed by atoms with Gasteiger partial charge in [-0.3, -0.25) is 38.9 Å². The van der Waals surface area contributed by atoms with Gasteiger partial charge in [0.1, 0.15) is 24.2 Å². The molecule has 4 atom stereocenters. The van der Waals surface area contributed by atoms with Crippen LogP contribution in [-0.4, -0.2) is 81.1 Å². The molecule has 1 saturated heterocycles. The van der Waals surface area contributed by atoms with Crippen LogP contribution in [0.4, 0.5) is 11.4 Å². The molecule has 0 radical (unpaired) electrons. The molecule has 0 saturated carbocycles. The van der Waals surface area contributed by atoms with Gasteiger partial charge >= 0.3 is 5.97 Å². The zero-order valence-electron chi connectivity index (χ0n) is 23.2. The highest BCUT2D eigenvalue weighted by molar-refractivity contribution is 5.99. The first-order valence-electron chi connectivity index (χ1n) is 13.3. The number of anilines is 1. The Bertz CT molecular complexity index is 1160. The molecule has 0 unspecified atom stereocenters. The van der Waals surface area contributed by atoms with Gasteiger partial charge in [0, 0.05) is 30.8 Å². The van der Waals surface area contributed by atoms with Gasteiger partial charge in [0.15, 0.2) is 0 Å². The van der Waals surface area contributed by atoms with Crippen molar-refractivity contribution in [1.82, 2.24) is 20.9 Å². The SMILES string of the molecule is CCC[C@H](NC(=O)[C@@H]1CCCN1C(=O)[C@H](C)NC(=O)[C@H](C)NC(=O)CCC(=O)O)C(=O)Nc1ccc([N+](=O)[O-])cc1. The summed E-state index contributed by atoms with van der Waals surface area (Å²) in [5.74, 6) is -3.96. The van der Waals surface area contributed by atoms with Gasteiger partial charge in [0.2, 0.25) is 29.5 Å². The quantitative estimate of drug-likeness (QED) is 0.155. The molecule has 41 heavy (non-hydrogen) atoms. The van der Waals surface area contributed by atoms with Crippen LogP contribution in [0.25, 0.3) is 0 Å². The fourth-order valence-corrected chi connectivity index (χ4v) is 4.27. The number of nitro benzene ring substituents is 1. The van der Waals surface area contributed by atoms with Gasteiger partial charge in [-0.15, -0.1) is 0 Å². The number of carboxylic acids is 1. The zero-order valence-corrected chi connectivity index (χ0v) is 23.2. The zero-order chi connectivity index (χ0) is 30.7. The van der Waals surface area contributed by atoms with Crippen molar-refractivity contribution in [2.24, 2.45) is 0 Å². The number of carboxylic acid groups (broad SMARTS) is 1. The molecule has 2 rings (SSSR count). The Balaban J connectivity index is 1.97. The Morgan fingerprint density at radius 2 is 1.66 bits per heavy atom. The van der Waals surface area contributed by atoms with Crippen molar-refractivity contribution in [3.8, 4) is 0 Å². The van der Waals surface area contributed by atoms with E-state index in [0.717, 1.165) is 0 Å². The molecular formula is C26H36N6O9. The van der Waals surface area contributed by atoms with Crippen molar-refractivity contribution >= 4 is 46.9 Å². The number of amides is 5. The summed E-state index contributed by atoms with van der Waals surface area (Å²) in [5, 5.41) is 29.7. The number of aliphatic carboxylic acids is 1. The molecule has 0 aromatic heterocycles. The molecule has 5 N–H and O–H groups in total. The second-order valence-electron chi connectivity index (χ2n) is 9.75. The maximum Gasteiger partial charge on any atom is 0.303 e. The van der Waals surface area contributed by atoms with Crippen LogP contribution in [-0.2, 0) is 28.8 Å². The van der Waals surface area contributed by atoms with Gasteiger partial charge < -0.3 is 31.3 Å². The van der Waals surface area contributed by atoms with Crippen LogP contribution in [0.5, 0.6) is 0 Å². The average molecular weight is 577 g/mol. The lowest BCUT2D eigenvalue weighted by atomic mass is 10.1. The molecule has 1 heterocycles. The number of likely N-dealkylation sites (tertiary alicyclic amines) is 1. The third kappa shape index (κ3) is 9.85. The van der Waals surface area contributed by atoms with E-state index in [1.807, 2.05) is 6.92 Å². The largest absolute Gasteiger partial charge is 0.481 e. The highest BCUT2D eigenvalue weighted by atomic mass is 16.6. The fraction of sp³-hybridized carbons (Fsp3) is 0.538. The molecule has 1 fully saturated rings. The van der Waals surface area contributed by atoms with Gasteiger partial charge in [0.05, 0.1) is 11.3 Å². The summed E-state index contributed by atoms with van der Waals surface area (Å²) in [6.07, 6.45) is 1.10. The Labute approximate surface area is 236 Å². The molecule has 1 aliphatic heterocycles. The minimum atomic E-state index is -1.15. The molecule has 0 spiro atoms. The summed E-state index contributed by atoms with van der Waals surface area (Å²) in [6, 6.07) is 1.45. The molecule has 15 heteroatoms. The highest BCUT2D eigenvalue weighted by Gasteiger charge is 2.38. The Kier molecular flexibility index (Phi) is 12.2. The third-order valence-corrected chi connectivity index (χ3v) is 6.46. The number of non-ortho nitro benzene ring substituents is 1. The second-order valence-corrected chi connectivity index (χ2v) is 9.75. The smallest absolute Gasteiger partial charge is 0.303 e. The molecule has 1 aromatic rings. The normalized spacial score (nSPS) is 16.6. The van der Waals surface area contributed by atoms with Gasteiger partial charge in [-0.1, -0.05) is 13.3 Å². The summed E-state index contributed by atoms with van der Waals surface area (Å²) in [7, 11) is 0. The molecule has 15 nitrogen and oxygen atoms in total. The second kappa shape index (κ2) is 15.3. The van der Waals surface area contributed by atoms with E-state index in [9.17, 15) is 38.9 Å². The fourth-order valence-electron chi connectivity index (χ4n) is 4.27. The van der Waals surface area contributed by atoms with E-state index in [1.165, 1.54) is 43.0 Å². The van der Waals surface area contributed by atoms with Gasteiger partial charge in [-0.2, -0.15) is 0 Å². The first kappa shape index (κ1) is 32.7.